The molecule has 1 aliphatic rings. The predicted molar refractivity (Wildman–Crippen MR) is 227 cm³/mol. The lowest BCUT2D eigenvalue weighted by molar-refractivity contribution is -0.126. The van der Waals surface area contributed by atoms with Crippen LogP contribution in [0.2, 0.25) is 5.02 Å². The van der Waals surface area contributed by atoms with Crippen LogP contribution in [-0.2, 0) is 14.3 Å². The van der Waals surface area contributed by atoms with E-state index in [0.29, 0.717) is 39.2 Å². The van der Waals surface area contributed by atoms with E-state index in [2.05, 4.69) is 44.9 Å². The lowest BCUT2D eigenvalue weighted by Gasteiger charge is -2.13. The Kier molecular flexibility index (Phi) is 12.5. The number of nitrogens with one attached hydrogen (secondary N) is 3. The quantitative estimate of drug-likeness (QED) is 0.0809. The first-order valence-electron chi connectivity index (χ1n) is 19.2. The second-order valence-corrected chi connectivity index (χ2v) is 16.1. The van der Waals surface area contributed by atoms with Gasteiger partial charge in [-0.05, 0) is 80.3 Å². The summed E-state index contributed by atoms with van der Waals surface area (Å²) in [5.41, 5.74) is 4.53. The summed E-state index contributed by atoms with van der Waals surface area (Å²) in [6, 6.07) is 16.4. The van der Waals surface area contributed by atoms with Crippen molar-refractivity contribution in [2.24, 2.45) is 4.99 Å². The van der Waals surface area contributed by atoms with Gasteiger partial charge in [0.1, 0.15) is 40.7 Å². The van der Waals surface area contributed by atoms with Gasteiger partial charge in [0.15, 0.2) is 11.6 Å². The number of carbonyl (C=O) groups is 2. The van der Waals surface area contributed by atoms with Crippen LogP contribution in [0.15, 0.2) is 70.5 Å². The molecule has 60 heavy (non-hydrogen) atoms. The molecule has 6 aromatic rings. The summed E-state index contributed by atoms with van der Waals surface area (Å²) in [5.74, 6) is 0.932. The van der Waals surface area contributed by atoms with Crippen molar-refractivity contribution in [3.8, 4) is 39.3 Å². The van der Waals surface area contributed by atoms with E-state index in [4.69, 9.17) is 26.1 Å². The lowest BCUT2D eigenvalue weighted by atomic mass is 9.98. The van der Waals surface area contributed by atoms with Crippen LogP contribution in [0.5, 0.6) is 17.2 Å². The number of nitrogens with zero attached hydrogens (tertiary/aromatic N) is 6. The van der Waals surface area contributed by atoms with Gasteiger partial charge in [0.25, 0.3) is 0 Å². The number of amides is 2. The first-order valence-corrected chi connectivity index (χ1v) is 20.4. The number of ether oxygens (including phenoxy) is 2. The number of aromatic nitrogens is 6. The molecule has 5 N–H and O–H groups in total. The highest BCUT2D eigenvalue weighted by atomic mass is 35.5. The van der Waals surface area contributed by atoms with Gasteiger partial charge >= 0.3 is 5.69 Å². The van der Waals surface area contributed by atoms with Gasteiger partial charge in [-0.25, -0.2) is 14.5 Å². The van der Waals surface area contributed by atoms with Crippen molar-refractivity contribution in [2.45, 2.75) is 53.0 Å². The molecule has 3 aromatic heterocycles. The minimum atomic E-state index is -0.660. The summed E-state index contributed by atoms with van der Waals surface area (Å²) >= 11 is 7.83. The Hall–Kier alpha value is -6.30. The number of carbonyl (C=O) groups excluding carboxylic acids is 2. The maximum Gasteiger partial charge on any atom is 0.348 e. The fourth-order valence-corrected chi connectivity index (χ4v) is 8.19. The molecule has 2 amide bonds. The predicted octanol–water partition coefficient (Wildman–Crippen LogP) is 5.59. The lowest BCUT2D eigenvalue weighted by Crippen LogP contribution is -2.38. The van der Waals surface area contributed by atoms with Crippen LogP contribution in [0, 0.1) is 20.8 Å². The number of hydrogen-bond donors (Lipinski definition) is 5. The Balaban J connectivity index is 0.870. The average Bonchev–Trinajstić information content (AvgIpc) is 3.86. The molecule has 0 aliphatic carbocycles. The zero-order valence-electron chi connectivity index (χ0n) is 33.6. The fraction of sp³-hybridized carbons (Fsp3) is 0.310. The number of H-pyrrole nitrogens is 1. The maximum atomic E-state index is 13.2. The van der Waals surface area contributed by atoms with Gasteiger partial charge in [0, 0.05) is 33.6 Å². The second-order valence-electron chi connectivity index (χ2n) is 14.5. The topological polar surface area (TPSA) is 211 Å². The Bertz CT molecular complexity index is 2630. The van der Waals surface area contributed by atoms with E-state index in [-0.39, 0.29) is 74.4 Å². The number of halogens is 1. The highest BCUT2D eigenvalue weighted by molar-refractivity contribution is 7.15. The Morgan fingerprint density at radius 3 is 2.42 bits per heavy atom. The summed E-state index contributed by atoms with van der Waals surface area (Å²) in [6.07, 6.45) is -0.0479. The van der Waals surface area contributed by atoms with Crippen LogP contribution in [-0.4, -0.2) is 90.2 Å². The number of phenolic OH excluding ortho intramolecular Hbond substituents is 2. The van der Waals surface area contributed by atoms with Crippen molar-refractivity contribution in [3.05, 3.63) is 115 Å². The molecule has 18 heteroatoms. The molecule has 0 fully saturated rings. The van der Waals surface area contributed by atoms with Gasteiger partial charge in [0.2, 0.25) is 11.8 Å². The standard InChI is InChI=1S/C42H44ClN9O7S/c1-22(2)30-18-31(34(54)20-33(30)53)39-48-50-42(57)52(39)28-10-12-29(13-11-28)59-17-16-58-15-14-44-36(56)21-45-35(55)19-32-40-49-47-25(5)51(40)41-37(23(3)24(4)60-41)38(46-32)26-6-8-27(43)9-7-26/h6-13,18,20,22,32,53-54H,14-17,19,21H2,1-5H3,(H,44,56)(H,45,55)(H,50,57)/t32-/m0/s1. The molecular weight excluding hydrogens is 810 g/mol. The van der Waals surface area contributed by atoms with Gasteiger partial charge in [-0.3, -0.25) is 19.1 Å². The smallest absolute Gasteiger partial charge is 0.348 e. The molecule has 3 aromatic carbocycles. The van der Waals surface area contributed by atoms with Crippen LogP contribution >= 0.6 is 22.9 Å². The van der Waals surface area contributed by atoms with Gasteiger partial charge in [0.05, 0.1) is 43.1 Å². The van der Waals surface area contributed by atoms with Crippen molar-refractivity contribution in [1.29, 1.82) is 0 Å². The molecular formula is C42H44ClN9O7S. The maximum absolute atomic E-state index is 13.2. The number of phenols is 2. The number of thiophene rings is 1. The van der Waals surface area contributed by atoms with E-state index in [1.54, 1.807) is 41.7 Å². The zero-order valence-corrected chi connectivity index (χ0v) is 35.1. The number of aryl methyl sites for hydroxylation is 2. The summed E-state index contributed by atoms with van der Waals surface area (Å²) in [6.45, 7) is 10.5. The summed E-state index contributed by atoms with van der Waals surface area (Å²) in [5, 5.41) is 43.1. The fourth-order valence-electron chi connectivity index (χ4n) is 6.85. The first-order chi connectivity index (χ1) is 28.8. The number of aliphatic imine (C=N–C) groups is 1. The van der Waals surface area contributed by atoms with E-state index in [1.165, 1.54) is 10.6 Å². The minimum Gasteiger partial charge on any atom is -0.508 e. The van der Waals surface area contributed by atoms with Gasteiger partial charge in [-0.15, -0.1) is 21.5 Å². The first kappa shape index (κ1) is 41.8. The Morgan fingerprint density at radius 2 is 1.68 bits per heavy atom. The number of aromatic hydroxyl groups is 2. The minimum absolute atomic E-state index is 0.0291. The third-order valence-electron chi connectivity index (χ3n) is 10.0. The van der Waals surface area contributed by atoms with Gasteiger partial charge in [-0.1, -0.05) is 37.6 Å². The van der Waals surface area contributed by atoms with E-state index in [1.807, 2.05) is 49.6 Å². The molecule has 4 heterocycles. The molecule has 0 radical (unpaired) electrons. The molecule has 0 bridgehead atoms. The number of fused-ring (bicyclic) bond motifs is 3. The summed E-state index contributed by atoms with van der Waals surface area (Å²) < 4.78 is 14.7. The SMILES string of the molecule is Cc1sc2c(c1C)C(c1ccc(Cl)cc1)=N[C@@H](CC(=O)NCC(=O)NCCOCCOc1ccc(-n3c(-c4cc(C(C)C)c(O)cc4O)n[nH]c3=O)cc1)c1nnc(C)n1-2. The largest absolute Gasteiger partial charge is 0.508 e. The number of aromatic amines is 1. The van der Waals surface area contributed by atoms with Crippen molar-refractivity contribution in [1.82, 2.24) is 40.2 Å². The molecule has 1 atom stereocenters. The highest BCUT2D eigenvalue weighted by Crippen LogP contribution is 2.40. The number of benzene rings is 3. The summed E-state index contributed by atoms with van der Waals surface area (Å²) in [4.78, 5) is 44.8. The molecule has 312 valence electrons. The number of hydrogen-bond acceptors (Lipinski definition) is 12. The molecule has 0 unspecified atom stereocenters. The van der Waals surface area contributed by atoms with E-state index >= 15 is 0 Å². The Morgan fingerprint density at radius 1 is 0.933 bits per heavy atom. The van der Waals surface area contributed by atoms with Crippen molar-refractivity contribution < 1.29 is 29.3 Å². The van der Waals surface area contributed by atoms with Crippen LogP contribution in [0.25, 0.3) is 22.1 Å². The normalized spacial score (nSPS) is 13.4. The molecule has 1 aliphatic heterocycles. The molecule has 0 saturated heterocycles. The van der Waals surface area contributed by atoms with E-state index < -0.39 is 11.7 Å². The monoisotopic (exact) mass is 853 g/mol. The summed E-state index contributed by atoms with van der Waals surface area (Å²) in [7, 11) is 0. The van der Waals surface area contributed by atoms with Crippen LogP contribution < -0.4 is 21.1 Å². The number of rotatable bonds is 15. The highest BCUT2D eigenvalue weighted by Gasteiger charge is 2.32. The van der Waals surface area contributed by atoms with Gasteiger partial charge in [-0.2, -0.15) is 5.10 Å². The zero-order chi connectivity index (χ0) is 42.7. The van der Waals surface area contributed by atoms with Crippen LogP contribution in [0.1, 0.15) is 71.0 Å². The van der Waals surface area contributed by atoms with Gasteiger partial charge < -0.3 is 30.3 Å². The van der Waals surface area contributed by atoms with Crippen LogP contribution in [0.4, 0.5) is 0 Å². The molecule has 16 nitrogen and oxygen atoms in total. The third kappa shape index (κ3) is 8.83. The second kappa shape index (κ2) is 17.9. The van der Waals surface area contributed by atoms with Crippen molar-refractivity contribution in [3.63, 3.8) is 0 Å². The van der Waals surface area contributed by atoms with E-state index in [9.17, 15) is 24.6 Å². The molecule has 0 spiro atoms. The van der Waals surface area contributed by atoms with Crippen LogP contribution in [0.3, 0.4) is 0 Å². The molecule has 0 saturated carbocycles. The molecule has 7 rings (SSSR count). The Labute approximate surface area is 353 Å². The van der Waals surface area contributed by atoms with E-state index in [0.717, 1.165) is 32.3 Å². The third-order valence-corrected chi connectivity index (χ3v) is 11.5. The average molecular weight is 854 g/mol. The van der Waals surface area contributed by atoms with Crippen molar-refractivity contribution in [2.75, 3.05) is 32.9 Å². The van der Waals surface area contributed by atoms with Crippen molar-refractivity contribution >= 4 is 40.5 Å².